The predicted octanol–water partition coefficient (Wildman–Crippen LogP) is 6.39. The molecule has 174 valence electrons. The SMILES string of the molecule is CCCCCOc1c(Br)cc(/C=N/NC(=O)CSc2nc(-c3ccccc3)cs2)cc1OC. The van der Waals surface area contributed by atoms with Crippen molar-refractivity contribution >= 4 is 51.2 Å². The molecule has 0 bridgehead atoms. The third-order valence-corrected chi connectivity index (χ3v) is 7.14. The Labute approximate surface area is 210 Å². The van der Waals surface area contributed by atoms with Gasteiger partial charge < -0.3 is 9.47 Å². The number of ether oxygens (including phenoxy) is 2. The number of amides is 1. The van der Waals surface area contributed by atoms with E-state index in [0.29, 0.717) is 18.1 Å². The molecule has 0 aliphatic carbocycles. The first-order valence-corrected chi connectivity index (χ1v) is 13.2. The van der Waals surface area contributed by atoms with Gasteiger partial charge >= 0.3 is 0 Å². The van der Waals surface area contributed by atoms with E-state index in [0.717, 1.165) is 44.9 Å². The minimum Gasteiger partial charge on any atom is -0.493 e. The molecule has 0 unspecified atom stereocenters. The molecule has 3 aromatic rings. The van der Waals surface area contributed by atoms with E-state index < -0.39 is 0 Å². The Hall–Kier alpha value is -2.36. The highest BCUT2D eigenvalue weighted by Gasteiger charge is 2.11. The van der Waals surface area contributed by atoms with Gasteiger partial charge in [0, 0.05) is 10.9 Å². The monoisotopic (exact) mass is 547 g/mol. The van der Waals surface area contributed by atoms with E-state index in [1.54, 1.807) is 13.3 Å². The molecule has 0 saturated carbocycles. The lowest BCUT2D eigenvalue weighted by atomic mass is 10.2. The third kappa shape index (κ3) is 7.87. The number of nitrogens with zero attached hydrogens (tertiary/aromatic N) is 2. The molecule has 0 fully saturated rings. The van der Waals surface area contributed by atoms with Crippen LogP contribution in [0.5, 0.6) is 11.5 Å². The molecule has 6 nitrogen and oxygen atoms in total. The molecule has 2 aromatic carbocycles. The van der Waals surface area contributed by atoms with Crippen molar-refractivity contribution in [2.45, 2.75) is 30.5 Å². The second kappa shape index (κ2) is 13.4. The Kier molecular flexibility index (Phi) is 10.2. The standard InChI is InChI=1S/C24H26BrN3O3S2/c1-3-4-8-11-31-23-19(25)12-17(13-21(23)30-2)14-26-28-22(29)16-33-24-27-20(15-32-24)18-9-6-5-7-10-18/h5-7,9-10,12-15H,3-4,8,11,16H2,1-2H3,(H,28,29)/b26-14+. The predicted molar refractivity (Wildman–Crippen MR) is 140 cm³/mol. The van der Waals surface area contributed by atoms with Gasteiger partial charge in [0.15, 0.2) is 15.8 Å². The molecule has 0 radical (unpaired) electrons. The molecule has 33 heavy (non-hydrogen) atoms. The summed E-state index contributed by atoms with van der Waals surface area (Å²) in [6, 6.07) is 13.7. The van der Waals surface area contributed by atoms with E-state index in [-0.39, 0.29) is 11.7 Å². The second-order valence-corrected chi connectivity index (χ2v) is 9.97. The number of nitrogens with one attached hydrogen (secondary N) is 1. The molecular weight excluding hydrogens is 522 g/mol. The number of aromatic nitrogens is 1. The van der Waals surface area contributed by atoms with E-state index in [4.69, 9.17) is 9.47 Å². The average molecular weight is 549 g/mol. The van der Waals surface area contributed by atoms with Gasteiger partial charge in [0.1, 0.15) is 0 Å². The maximum atomic E-state index is 12.2. The number of rotatable bonds is 12. The van der Waals surface area contributed by atoms with Gasteiger partial charge in [-0.3, -0.25) is 4.79 Å². The Balaban J connectivity index is 1.50. The van der Waals surface area contributed by atoms with Gasteiger partial charge in [-0.05, 0) is 40.0 Å². The number of benzene rings is 2. The van der Waals surface area contributed by atoms with E-state index >= 15 is 0 Å². The van der Waals surface area contributed by atoms with Gasteiger partial charge in [0.2, 0.25) is 0 Å². The van der Waals surface area contributed by atoms with Gasteiger partial charge in [0.05, 0.1) is 35.9 Å². The van der Waals surface area contributed by atoms with Gasteiger partial charge in [-0.2, -0.15) is 5.10 Å². The molecule has 0 atom stereocenters. The molecule has 1 heterocycles. The Bertz CT molecular complexity index is 1070. The summed E-state index contributed by atoms with van der Waals surface area (Å²) in [7, 11) is 1.60. The smallest absolute Gasteiger partial charge is 0.250 e. The topological polar surface area (TPSA) is 72.8 Å². The number of carbonyl (C=O) groups excluding carboxylic acids is 1. The quantitative estimate of drug-likeness (QED) is 0.123. The van der Waals surface area contributed by atoms with Gasteiger partial charge in [-0.15, -0.1) is 11.3 Å². The average Bonchev–Trinajstić information content (AvgIpc) is 3.31. The van der Waals surface area contributed by atoms with Gasteiger partial charge in [-0.1, -0.05) is 61.9 Å². The van der Waals surface area contributed by atoms with Crippen molar-refractivity contribution in [3.05, 3.63) is 57.9 Å². The lowest BCUT2D eigenvalue weighted by Gasteiger charge is -2.13. The van der Waals surface area contributed by atoms with Crippen LogP contribution >= 0.6 is 39.0 Å². The molecule has 3 rings (SSSR count). The van der Waals surface area contributed by atoms with Gasteiger partial charge in [0.25, 0.3) is 5.91 Å². The Morgan fingerprint density at radius 1 is 1.27 bits per heavy atom. The lowest BCUT2D eigenvalue weighted by Crippen LogP contribution is -2.19. The maximum Gasteiger partial charge on any atom is 0.250 e. The molecule has 1 N–H and O–H groups in total. The van der Waals surface area contributed by atoms with Crippen LogP contribution in [-0.2, 0) is 4.79 Å². The van der Waals surface area contributed by atoms with Crippen LogP contribution in [0.1, 0.15) is 31.7 Å². The number of hydrogen-bond donors (Lipinski definition) is 1. The summed E-state index contributed by atoms with van der Waals surface area (Å²) in [6.45, 7) is 2.79. The van der Waals surface area contributed by atoms with Crippen LogP contribution in [0.4, 0.5) is 0 Å². The van der Waals surface area contributed by atoms with Crippen molar-refractivity contribution in [3.63, 3.8) is 0 Å². The summed E-state index contributed by atoms with van der Waals surface area (Å²) in [5.41, 5.74) is 5.32. The minimum atomic E-state index is -0.199. The fourth-order valence-corrected chi connectivity index (χ4v) is 5.09. The zero-order valence-corrected chi connectivity index (χ0v) is 21.8. The highest BCUT2D eigenvalue weighted by Crippen LogP contribution is 2.36. The number of thiazole rings is 1. The van der Waals surface area contributed by atoms with Crippen LogP contribution in [-0.4, -0.2) is 36.6 Å². The molecule has 0 aliphatic rings. The van der Waals surface area contributed by atoms with E-state index in [1.807, 2.05) is 47.8 Å². The van der Waals surface area contributed by atoms with Crippen molar-refractivity contribution in [2.24, 2.45) is 5.10 Å². The largest absolute Gasteiger partial charge is 0.493 e. The summed E-state index contributed by atoms with van der Waals surface area (Å²) < 4.78 is 12.9. The van der Waals surface area contributed by atoms with Crippen molar-refractivity contribution in [1.82, 2.24) is 10.4 Å². The first-order valence-electron chi connectivity index (χ1n) is 10.6. The van der Waals surface area contributed by atoms with E-state index in [2.05, 4.69) is 38.4 Å². The van der Waals surface area contributed by atoms with E-state index in [9.17, 15) is 4.79 Å². The fraction of sp³-hybridized carbons (Fsp3) is 0.292. The van der Waals surface area contributed by atoms with Crippen molar-refractivity contribution < 1.29 is 14.3 Å². The molecule has 0 aliphatic heterocycles. The number of thioether (sulfide) groups is 1. The zero-order valence-electron chi connectivity index (χ0n) is 18.5. The summed E-state index contributed by atoms with van der Waals surface area (Å²) >= 11 is 6.45. The van der Waals surface area contributed by atoms with Crippen LogP contribution in [0.15, 0.2) is 61.8 Å². The molecule has 1 amide bonds. The van der Waals surface area contributed by atoms with Crippen molar-refractivity contribution in [3.8, 4) is 22.8 Å². The lowest BCUT2D eigenvalue weighted by molar-refractivity contribution is -0.118. The molecule has 1 aromatic heterocycles. The third-order valence-electron chi connectivity index (χ3n) is 4.53. The maximum absolute atomic E-state index is 12.2. The minimum absolute atomic E-state index is 0.199. The first kappa shape index (κ1) is 25.3. The summed E-state index contributed by atoms with van der Waals surface area (Å²) in [5.74, 6) is 1.32. The summed E-state index contributed by atoms with van der Waals surface area (Å²) in [5, 5.41) is 6.06. The Morgan fingerprint density at radius 3 is 2.85 bits per heavy atom. The highest BCUT2D eigenvalue weighted by molar-refractivity contribution is 9.10. The molecule has 0 saturated heterocycles. The summed E-state index contributed by atoms with van der Waals surface area (Å²) in [6.07, 6.45) is 4.83. The zero-order chi connectivity index (χ0) is 23.5. The second-order valence-electron chi connectivity index (χ2n) is 7.04. The Morgan fingerprint density at radius 2 is 2.09 bits per heavy atom. The van der Waals surface area contributed by atoms with Crippen LogP contribution in [0, 0.1) is 0 Å². The number of methoxy groups -OCH3 is 1. The number of unbranched alkanes of at least 4 members (excludes halogenated alkanes) is 2. The number of halogens is 1. The van der Waals surface area contributed by atoms with E-state index in [1.165, 1.54) is 23.1 Å². The van der Waals surface area contributed by atoms with Crippen molar-refractivity contribution in [1.29, 1.82) is 0 Å². The van der Waals surface area contributed by atoms with Gasteiger partial charge in [-0.25, -0.2) is 10.4 Å². The van der Waals surface area contributed by atoms with Crippen LogP contribution in [0.2, 0.25) is 0 Å². The van der Waals surface area contributed by atoms with Crippen LogP contribution in [0.3, 0.4) is 0 Å². The fourth-order valence-electron chi connectivity index (χ4n) is 2.88. The first-order chi connectivity index (χ1) is 16.1. The molecular formula is C24H26BrN3O3S2. The number of hydrazone groups is 1. The molecule has 0 spiro atoms. The number of carbonyl (C=O) groups is 1. The summed E-state index contributed by atoms with van der Waals surface area (Å²) in [4.78, 5) is 16.8. The molecule has 9 heteroatoms. The van der Waals surface area contributed by atoms with Crippen molar-refractivity contribution in [2.75, 3.05) is 19.5 Å². The number of hydrogen-bond acceptors (Lipinski definition) is 7. The highest BCUT2D eigenvalue weighted by atomic mass is 79.9. The van der Waals surface area contributed by atoms with Crippen LogP contribution in [0.25, 0.3) is 11.3 Å². The normalized spacial score (nSPS) is 11.0. The van der Waals surface area contributed by atoms with Crippen LogP contribution < -0.4 is 14.9 Å².